The first-order chi connectivity index (χ1) is 10.5. The summed E-state index contributed by atoms with van der Waals surface area (Å²) >= 11 is 1.45. The third-order valence-corrected chi connectivity index (χ3v) is 4.82. The molecule has 0 aromatic carbocycles. The molecule has 0 spiro atoms. The van der Waals surface area contributed by atoms with Gasteiger partial charge in [-0.3, -0.25) is 0 Å². The van der Waals surface area contributed by atoms with Crippen LogP contribution >= 0.6 is 11.8 Å². The Hall–Kier alpha value is -1.11. The Balaban J connectivity index is 1.65. The lowest BCUT2D eigenvalue weighted by molar-refractivity contribution is -0.0361. The van der Waals surface area contributed by atoms with Crippen molar-refractivity contribution < 1.29 is 13.5 Å². The topological polar surface area (TPSA) is 47.0 Å². The Morgan fingerprint density at radius 1 is 1.23 bits per heavy atom. The van der Waals surface area contributed by atoms with E-state index < -0.39 is 5.92 Å². The van der Waals surface area contributed by atoms with Gasteiger partial charge in [-0.05, 0) is 38.4 Å². The van der Waals surface area contributed by atoms with Crippen molar-refractivity contribution in [2.75, 3.05) is 11.6 Å². The van der Waals surface area contributed by atoms with Crippen molar-refractivity contribution in [1.29, 1.82) is 0 Å². The number of anilines is 1. The largest absolute Gasteiger partial charge is 0.474 e. The van der Waals surface area contributed by atoms with Crippen LogP contribution in [0.15, 0.2) is 11.2 Å². The summed E-state index contributed by atoms with van der Waals surface area (Å²) in [5.74, 6) is -1.26. The van der Waals surface area contributed by atoms with Crippen molar-refractivity contribution >= 4 is 17.6 Å². The second kappa shape index (κ2) is 6.56. The smallest absolute Gasteiger partial charge is 0.248 e. The quantitative estimate of drug-likeness (QED) is 0.650. The third kappa shape index (κ3) is 4.00. The standard InChI is InChI=1S/C15H21F2N3OS/c1-22-14-19-12(9-13(20-14)21-11-3-2-4-11)18-10-5-7-15(16,17)8-6-10/h9-11H,2-8H2,1H3,(H,18,19,20). The molecule has 1 heterocycles. The van der Waals surface area contributed by atoms with E-state index in [1.54, 1.807) is 6.07 Å². The first kappa shape index (κ1) is 15.8. The van der Waals surface area contributed by atoms with Crippen LogP contribution < -0.4 is 10.1 Å². The normalized spacial score (nSPS) is 22.1. The van der Waals surface area contributed by atoms with Crippen LogP contribution in [0.25, 0.3) is 0 Å². The Kier molecular flexibility index (Phi) is 4.70. The molecule has 22 heavy (non-hydrogen) atoms. The molecule has 3 rings (SSSR count). The van der Waals surface area contributed by atoms with Gasteiger partial charge in [-0.15, -0.1) is 0 Å². The molecule has 0 atom stereocenters. The van der Waals surface area contributed by atoms with Gasteiger partial charge in [0.15, 0.2) is 5.16 Å². The summed E-state index contributed by atoms with van der Waals surface area (Å²) < 4.78 is 32.3. The molecule has 2 saturated carbocycles. The summed E-state index contributed by atoms with van der Waals surface area (Å²) in [5.41, 5.74) is 0. The highest BCUT2D eigenvalue weighted by Gasteiger charge is 2.35. The summed E-state index contributed by atoms with van der Waals surface area (Å²) in [6.45, 7) is 0. The molecule has 2 aliphatic rings. The van der Waals surface area contributed by atoms with Gasteiger partial charge in [0.25, 0.3) is 0 Å². The van der Waals surface area contributed by atoms with Crippen LogP contribution in [0.1, 0.15) is 44.9 Å². The molecule has 0 saturated heterocycles. The molecule has 0 unspecified atom stereocenters. The number of aromatic nitrogens is 2. The van der Waals surface area contributed by atoms with Crippen LogP contribution in [0.4, 0.5) is 14.6 Å². The van der Waals surface area contributed by atoms with Crippen molar-refractivity contribution in [2.24, 2.45) is 0 Å². The molecule has 0 radical (unpaired) electrons. The second-order valence-corrected chi connectivity index (χ2v) is 6.80. The SMILES string of the molecule is CSc1nc(NC2CCC(F)(F)CC2)cc(OC2CCC2)n1. The number of rotatable bonds is 5. The first-order valence-corrected chi connectivity index (χ1v) is 9.01. The number of halogens is 2. The summed E-state index contributed by atoms with van der Waals surface area (Å²) in [6.07, 6.45) is 6.31. The minimum Gasteiger partial charge on any atom is -0.474 e. The third-order valence-electron chi connectivity index (χ3n) is 4.27. The Morgan fingerprint density at radius 2 is 1.95 bits per heavy atom. The molecule has 4 nitrogen and oxygen atoms in total. The molecule has 1 N–H and O–H groups in total. The fourth-order valence-corrected chi connectivity index (χ4v) is 3.05. The zero-order chi connectivity index (χ0) is 15.6. The highest BCUT2D eigenvalue weighted by atomic mass is 32.2. The van der Waals surface area contributed by atoms with Crippen LogP contribution in [0, 0.1) is 0 Å². The van der Waals surface area contributed by atoms with E-state index in [0.29, 0.717) is 29.7 Å². The maximum atomic E-state index is 13.2. The van der Waals surface area contributed by atoms with Crippen LogP contribution in [0.2, 0.25) is 0 Å². The zero-order valence-electron chi connectivity index (χ0n) is 12.6. The van der Waals surface area contributed by atoms with E-state index in [1.165, 1.54) is 18.2 Å². The van der Waals surface area contributed by atoms with E-state index in [2.05, 4.69) is 15.3 Å². The number of alkyl halides is 2. The molecule has 7 heteroatoms. The van der Waals surface area contributed by atoms with Gasteiger partial charge in [0.2, 0.25) is 11.8 Å². The second-order valence-electron chi connectivity index (χ2n) is 6.02. The van der Waals surface area contributed by atoms with Crippen molar-refractivity contribution in [3.05, 3.63) is 6.07 Å². The van der Waals surface area contributed by atoms with E-state index in [4.69, 9.17) is 4.74 Å². The predicted molar refractivity (Wildman–Crippen MR) is 82.9 cm³/mol. The number of nitrogens with one attached hydrogen (secondary N) is 1. The van der Waals surface area contributed by atoms with E-state index in [-0.39, 0.29) is 25.0 Å². The van der Waals surface area contributed by atoms with Gasteiger partial charge in [-0.2, -0.15) is 4.98 Å². The van der Waals surface area contributed by atoms with Crippen LogP contribution in [0.3, 0.4) is 0 Å². The number of thioether (sulfide) groups is 1. The number of ether oxygens (including phenoxy) is 1. The zero-order valence-corrected chi connectivity index (χ0v) is 13.5. The molecule has 1 aromatic rings. The van der Waals surface area contributed by atoms with Gasteiger partial charge in [0, 0.05) is 24.9 Å². The predicted octanol–water partition coefficient (Wildman–Crippen LogP) is 4.12. The van der Waals surface area contributed by atoms with Gasteiger partial charge >= 0.3 is 0 Å². The van der Waals surface area contributed by atoms with Crippen LogP contribution in [0.5, 0.6) is 5.88 Å². The molecule has 2 aliphatic carbocycles. The fraction of sp³-hybridized carbons (Fsp3) is 0.733. The number of hydrogen-bond donors (Lipinski definition) is 1. The minimum absolute atomic E-state index is 0.0424. The maximum absolute atomic E-state index is 13.2. The Labute approximate surface area is 133 Å². The van der Waals surface area contributed by atoms with E-state index in [9.17, 15) is 8.78 Å². The van der Waals surface area contributed by atoms with E-state index >= 15 is 0 Å². The van der Waals surface area contributed by atoms with Crippen LogP contribution in [-0.4, -0.2) is 34.3 Å². The average molecular weight is 329 g/mol. The minimum atomic E-state index is -2.51. The lowest BCUT2D eigenvalue weighted by Crippen LogP contribution is -2.32. The lowest BCUT2D eigenvalue weighted by Gasteiger charge is -2.29. The van der Waals surface area contributed by atoms with Crippen molar-refractivity contribution in [3.8, 4) is 5.88 Å². The molecule has 122 valence electrons. The molecular weight excluding hydrogens is 308 g/mol. The highest BCUT2D eigenvalue weighted by molar-refractivity contribution is 7.98. The summed E-state index contributed by atoms with van der Waals surface area (Å²) in [5, 5.41) is 3.90. The summed E-state index contributed by atoms with van der Waals surface area (Å²) in [4.78, 5) is 8.77. The Bertz CT molecular complexity index is 516. The van der Waals surface area contributed by atoms with Gasteiger partial charge in [0.05, 0.1) is 0 Å². The fourth-order valence-electron chi connectivity index (χ4n) is 2.68. The van der Waals surface area contributed by atoms with Gasteiger partial charge in [-0.1, -0.05) is 11.8 Å². The Morgan fingerprint density at radius 3 is 2.55 bits per heavy atom. The molecule has 1 aromatic heterocycles. The van der Waals surface area contributed by atoms with Gasteiger partial charge in [-0.25, -0.2) is 13.8 Å². The van der Waals surface area contributed by atoms with Crippen molar-refractivity contribution in [1.82, 2.24) is 9.97 Å². The maximum Gasteiger partial charge on any atom is 0.248 e. The van der Waals surface area contributed by atoms with E-state index in [0.717, 1.165) is 12.8 Å². The van der Waals surface area contributed by atoms with Crippen LogP contribution in [-0.2, 0) is 0 Å². The lowest BCUT2D eigenvalue weighted by atomic mass is 9.92. The molecule has 0 bridgehead atoms. The van der Waals surface area contributed by atoms with Crippen molar-refractivity contribution in [3.63, 3.8) is 0 Å². The monoisotopic (exact) mass is 329 g/mol. The highest BCUT2D eigenvalue weighted by Crippen LogP contribution is 2.34. The van der Waals surface area contributed by atoms with E-state index in [1.807, 2.05) is 6.26 Å². The summed E-state index contributed by atoms with van der Waals surface area (Å²) in [6, 6.07) is 1.82. The number of hydrogen-bond acceptors (Lipinski definition) is 5. The first-order valence-electron chi connectivity index (χ1n) is 7.78. The average Bonchev–Trinajstić information content (AvgIpc) is 2.45. The van der Waals surface area contributed by atoms with Crippen molar-refractivity contribution in [2.45, 2.75) is 68.2 Å². The molecular formula is C15H21F2N3OS. The molecule has 0 amide bonds. The molecule has 0 aliphatic heterocycles. The van der Waals surface area contributed by atoms with Gasteiger partial charge in [0.1, 0.15) is 11.9 Å². The summed E-state index contributed by atoms with van der Waals surface area (Å²) in [7, 11) is 0. The van der Waals surface area contributed by atoms with Gasteiger partial charge < -0.3 is 10.1 Å². The molecule has 2 fully saturated rings. The number of nitrogens with zero attached hydrogens (tertiary/aromatic N) is 2.